The van der Waals surface area contributed by atoms with Crippen LogP contribution in [-0.2, 0) is 0 Å². The van der Waals surface area contributed by atoms with E-state index >= 15 is 0 Å². The van der Waals surface area contributed by atoms with Crippen molar-refractivity contribution in [2.24, 2.45) is 0 Å². The molecule has 5 heteroatoms. The second-order valence-electron chi connectivity index (χ2n) is 5.32. The molecule has 0 saturated carbocycles. The van der Waals surface area contributed by atoms with Gasteiger partial charge in [-0.15, -0.1) is 45.9 Å². The third-order valence-electron chi connectivity index (χ3n) is 4.40. The highest BCUT2D eigenvalue weighted by Gasteiger charge is 2.58. The van der Waals surface area contributed by atoms with Crippen LogP contribution in [0.3, 0.4) is 0 Å². The second-order valence-corrected chi connectivity index (χ2v) is 37.1. The number of halogens is 3. The Morgan fingerprint density at radius 3 is 1.24 bits per heavy atom. The molecular formula is C12H27Br3Si2. The number of hydrogen-bond acceptors (Lipinski definition) is 0. The van der Waals surface area contributed by atoms with E-state index in [4.69, 9.17) is 0 Å². The predicted molar refractivity (Wildman–Crippen MR) is 97.4 cm³/mol. The Balaban J connectivity index is 5.45. The molecule has 3 unspecified atom stereocenters. The molecule has 0 nitrogen and oxygen atoms in total. The van der Waals surface area contributed by atoms with Gasteiger partial charge in [-0.2, -0.15) is 0 Å². The Bertz CT molecular complexity index is 224. The number of rotatable bonds is 7. The number of hydrogen-bond donors (Lipinski definition) is 0. The van der Waals surface area contributed by atoms with E-state index < -0.39 is 11.0 Å². The van der Waals surface area contributed by atoms with Crippen molar-refractivity contribution in [1.29, 1.82) is 0 Å². The molecule has 0 heterocycles. The van der Waals surface area contributed by atoms with Gasteiger partial charge in [-0.3, -0.25) is 0 Å². The van der Waals surface area contributed by atoms with Crippen LogP contribution in [0.4, 0.5) is 0 Å². The van der Waals surface area contributed by atoms with Gasteiger partial charge in [0.2, 0.25) is 4.83 Å². The molecule has 0 rings (SSSR count). The summed E-state index contributed by atoms with van der Waals surface area (Å²) in [5.74, 6) is 0. The molecule has 0 bridgehead atoms. The van der Waals surface area contributed by atoms with Gasteiger partial charge in [0.1, 0.15) is 0 Å². The van der Waals surface area contributed by atoms with E-state index in [9.17, 15) is 0 Å². The lowest BCUT2D eigenvalue weighted by molar-refractivity contribution is 0.784. The van der Waals surface area contributed by atoms with E-state index in [1.165, 1.54) is 19.3 Å². The van der Waals surface area contributed by atoms with Crippen LogP contribution in [0.5, 0.6) is 0 Å². The first kappa shape index (κ1) is 18.9. The highest BCUT2D eigenvalue weighted by atomic mass is 79.9. The van der Waals surface area contributed by atoms with Gasteiger partial charge in [0.05, 0.1) is 0 Å². The van der Waals surface area contributed by atoms with Crippen LogP contribution < -0.4 is 0 Å². The molecule has 0 amide bonds. The summed E-state index contributed by atoms with van der Waals surface area (Å²) in [6, 6.07) is 0. The summed E-state index contributed by atoms with van der Waals surface area (Å²) in [5, 5.41) is 0. The molecule has 17 heavy (non-hydrogen) atoms. The van der Waals surface area contributed by atoms with Crippen molar-refractivity contribution in [3.63, 3.8) is 0 Å². The fourth-order valence-electron chi connectivity index (χ4n) is 2.37. The van der Waals surface area contributed by atoms with Crippen molar-refractivity contribution in [1.82, 2.24) is 0 Å². The van der Waals surface area contributed by atoms with Crippen LogP contribution in [-0.4, -0.2) is 11.0 Å². The zero-order valence-electron chi connectivity index (χ0n) is 12.0. The second kappa shape index (κ2) is 7.60. The normalized spacial score (nSPS) is 21.7. The molecule has 0 aliphatic heterocycles. The minimum absolute atomic E-state index is 0.775. The van der Waals surface area contributed by atoms with Gasteiger partial charge in [-0.05, 0) is 16.6 Å². The van der Waals surface area contributed by atoms with E-state index in [2.05, 4.69) is 87.4 Å². The van der Waals surface area contributed by atoms with Gasteiger partial charge in [0.25, 0.3) is 0 Å². The van der Waals surface area contributed by atoms with Gasteiger partial charge in [-0.1, -0.05) is 60.8 Å². The molecule has 0 fully saturated rings. The largest absolute Gasteiger partial charge is 0.206 e. The lowest BCUT2D eigenvalue weighted by Crippen LogP contribution is -2.57. The fourth-order valence-corrected chi connectivity index (χ4v) is 36.6. The average molecular weight is 467 g/mol. The molecular weight excluding hydrogens is 440 g/mol. The monoisotopic (exact) mass is 464 g/mol. The summed E-state index contributed by atoms with van der Waals surface area (Å²) < 4.78 is 0. The molecule has 0 N–H and O–H groups in total. The average Bonchev–Trinajstić information content (AvgIpc) is 2.33. The third kappa shape index (κ3) is 3.70. The molecule has 0 aliphatic carbocycles. The standard InChI is InChI=1S/C12H27Br3Si2/c1-7-10(4)16(13,11(5)8-2)17(14,15)12(6)9-3/h10-12H,7-9H2,1-6H3. The topological polar surface area (TPSA) is 0 Å². The predicted octanol–water partition coefficient (Wildman–Crippen LogP) is 7.04. The van der Waals surface area contributed by atoms with Crippen molar-refractivity contribution in [3.8, 4) is 0 Å². The van der Waals surface area contributed by atoms with Gasteiger partial charge < -0.3 is 0 Å². The zero-order chi connectivity index (χ0) is 13.9. The van der Waals surface area contributed by atoms with Crippen LogP contribution in [0.1, 0.15) is 60.8 Å². The molecule has 0 aliphatic rings. The smallest absolute Gasteiger partial charge is 0.127 e. The van der Waals surface area contributed by atoms with E-state index in [0.29, 0.717) is 0 Å². The van der Waals surface area contributed by atoms with Crippen molar-refractivity contribution in [3.05, 3.63) is 0 Å². The summed E-state index contributed by atoms with van der Waals surface area (Å²) in [4.78, 5) is -1.55. The maximum atomic E-state index is 4.31. The van der Waals surface area contributed by atoms with Gasteiger partial charge >= 0.3 is 0 Å². The first-order valence-corrected chi connectivity index (χ1v) is 18.8. The summed E-state index contributed by atoms with van der Waals surface area (Å²) in [6.45, 7) is 14.3. The lowest BCUT2D eigenvalue weighted by atomic mass is 10.4. The van der Waals surface area contributed by atoms with E-state index in [0.717, 1.165) is 16.6 Å². The van der Waals surface area contributed by atoms with Crippen LogP contribution in [0.2, 0.25) is 16.6 Å². The van der Waals surface area contributed by atoms with Crippen molar-refractivity contribution < 1.29 is 0 Å². The van der Waals surface area contributed by atoms with Crippen LogP contribution in [0, 0.1) is 0 Å². The highest BCUT2D eigenvalue weighted by molar-refractivity contribution is 9.57. The zero-order valence-corrected chi connectivity index (χ0v) is 18.7. The summed E-state index contributed by atoms with van der Waals surface area (Å²) >= 11 is 12.7. The van der Waals surface area contributed by atoms with Crippen molar-refractivity contribution in [2.45, 2.75) is 77.4 Å². The van der Waals surface area contributed by atoms with Crippen molar-refractivity contribution >= 4 is 56.9 Å². The minimum Gasteiger partial charge on any atom is -0.127 e. The molecule has 0 aromatic heterocycles. The van der Waals surface area contributed by atoms with E-state index in [1.807, 2.05) is 0 Å². The lowest BCUT2D eigenvalue weighted by Gasteiger charge is -2.46. The summed E-state index contributed by atoms with van der Waals surface area (Å²) in [5.41, 5.74) is 2.41. The fraction of sp³-hybridized carbons (Fsp3) is 1.00. The Kier molecular flexibility index (Phi) is 8.44. The van der Waals surface area contributed by atoms with Crippen molar-refractivity contribution in [2.75, 3.05) is 0 Å². The molecule has 0 aromatic carbocycles. The maximum absolute atomic E-state index is 4.31. The Labute approximate surface area is 133 Å². The Morgan fingerprint density at radius 1 is 0.706 bits per heavy atom. The third-order valence-corrected chi connectivity index (χ3v) is 54.6. The molecule has 0 spiro atoms. The van der Waals surface area contributed by atoms with E-state index in [-0.39, 0.29) is 0 Å². The quantitative estimate of drug-likeness (QED) is 0.279. The highest BCUT2D eigenvalue weighted by Crippen LogP contribution is 2.56. The molecule has 0 aromatic rings. The van der Waals surface area contributed by atoms with E-state index in [1.54, 1.807) is 0 Å². The Morgan fingerprint density at radius 2 is 1.00 bits per heavy atom. The maximum Gasteiger partial charge on any atom is 0.206 e. The minimum atomic E-state index is -1.55. The summed E-state index contributed by atoms with van der Waals surface area (Å²) in [7, 11) is 0. The van der Waals surface area contributed by atoms with Crippen LogP contribution in [0.25, 0.3) is 0 Å². The first-order valence-electron chi connectivity index (χ1n) is 6.76. The van der Waals surface area contributed by atoms with Crippen LogP contribution >= 0.6 is 45.9 Å². The SMILES string of the molecule is CCC(C)[Si](Br)(Br)[Si](Br)(C(C)CC)C(C)CC. The van der Waals surface area contributed by atoms with Gasteiger partial charge in [0.15, 0.2) is 6.21 Å². The molecule has 3 atom stereocenters. The Hall–Kier alpha value is 1.87. The van der Waals surface area contributed by atoms with Gasteiger partial charge in [-0.25, -0.2) is 0 Å². The van der Waals surface area contributed by atoms with Gasteiger partial charge in [0, 0.05) is 0 Å². The molecule has 0 radical (unpaired) electrons. The molecule has 0 saturated heterocycles. The summed E-state index contributed by atoms with van der Waals surface area (Å²) in [6.07, 6.45) is 2.34. The van der Waals surface area contributed by atoms with Crippen LogP contribution in [0.15, 0.2) is 0 Å². The molecule has 104 valence electrons. The first-order chi connectivity index (χ1) is 7.69.